The predicted molar refractivity (Wildman–Crippen MR) is 193 cm³/mol. The van der Waals surface area contributed by atoms with Gasteiger partial charge in [-0.2, -0.15) is 0 Å². The number of rotatable bonds is 20. The van der Waals surface area contributed by atoms with Crippen LogP contribution in [0.2, 0.25) is 0 Å². The Morgan fingerprint density at radius 3 is 1.92 bits per heavy atom. The lowest BCUT2D eigenvalue weighted by atomic mass is 9.84. The zero-order chi connectivity index (χ0) is 36.0. The van der Waals surface area contributed by atoms with E-state index in [0.29, 0.717) is 17.5 Å². The number of carbonyl (C=O) groups is 1. The van der Waals surface area contributed by atoms with Crippen molar-refractivity contribution >= 4 is 21.2 Å². The van der Waals surface area contributed by atoms with E-state index >= 15 is 0 Å². The van der Waals surface area contributed by atoms with Gasteiger partial charge in [0.2, 0.25) is 6.79 Å². The zero-order valence-corrected chi connectivity index (χ0v) is 31.2. The lowest BCUT2D eigenvalue weighted by Crippen LogP contribution is -2.13. The minimum Gasteiger partial charge on any atom is -0.438 e. The number of aliphatic hydroxyl groups excluding tert-OH is 1. The van der Waals surface area contributed by atoms with Crippen molar-refractivity contribution in [2.75, 3.05) is 13.6 Å². The molecule has 1 aliphatic carbocycles. The molecule has 0 aromatic heterocycles. The first-order valence-electron chi connectivity index (χ1n) is 17.2. The Kier molecular flexibility index (Phi) is 15.3. The van der Waals surface area contributed by atoms with Crippen LogP contribution in [0.4, 0.5) is 0 Å². The van der Waals surface area contributed by atoms with Crippen molar-refractivity contribution in [1.29, 1.82) is 0 Å². The van der Waals surface area contributed by atoms with Crippen LogP contribution >= 0.6 is 15.2 Å². The summed E-state index contributed by atoms with van der Waals surface area (Å²) in [5.41, 5.74) is 4.02. The molecule has 0 bridgehead atoms. The van der Waals surface area contributed by atoms with Gasteiger partial charge >= 0.3 is 21.2 Å². The highest BCUT2D eigenvalue weighted by Gasteiger charge is 2.35. The molecule has 0 radical (unpaired) electrons. The molecule has 50 heavy (non-hydrogen) atoms. The van der Waals surface area contributed by atoms with Crippen molar-refractivity contribution in [3.8, 4) is 11.5 Å². The zero-order valence-electron chi connectivity index (χ0n) is 29.5. The second kappa shape index (κ2) is 19.4. The quantitative estimate of drug-likeness (QED) is 0.0395. The highest BCUT2D eigenvalue weighted by atomic mass is 31.2. The number of ether oxygens (including phenoxy) is 2. The van der Waals surface area contributed by atoms with Crippen molar-refractivity contribution in [3.63, 3.8) is 0 Å². The molecule has 0 fully saturated rings. The third-order valence-corrected chi connectivity index (χ3v) is 11.6. The van der Waals surface area contributed by atoms with Crippen LogP contribution in [0.3, 0.4) is 0 Å². The topological polar surface area (TPSA) is 127 Å². The first kappa shape index (κ1) is 39.6. The van der Waals surface area contributed by atoms with Crippen LogP contribution in [0, 0.1) is 0 Å². The number of aryl methyl sites for hydroxylation is 1. The van der Waals surface area contributed by atoms with Crippen LogP contribution in [-0.4, -0.2) is 31.0 Å². The summed E-state index contributed by atoms with van der Waals surface area (Å²) in [4.78, 5) is 11.6. The maximum absolute atomic E-state index is 14.7. The Morgan fingerprint density at radius 1 is 0.860 bits per heavy atom. The summed E-state index contributed by atoms with van der Waals surface area (Å²) in [6.07, 6.45) is 6.95. The van der Waals surface area contributed by atoms with Gasteiger partial charge in [0, 0.05) is 18.4 Å². The fourth-order valence-electron chi connectivity index (χ4n) is 5.76. The van der Waals surface area contributed by atoms with Gasteiger partial charge in [0.05, 0.1) is 12.3 Å². The van der Waals surface area contributed by atoms with E-state index in [0.717, 1.165) is 49.7 Å². The Balaban J connectivity index is 1.86. The molecule has 0 heterocycles. The summed E-state index contributed by atoms with van der Waals surface area (Å²) in [6.45, 7) is 5.84. The Morgan fingerprint density at radius 2 is 1.42 bits per heavy atom. The van der Waals surface area contributed by atoms with E-state index in [9.17, 15) is 19.0 Å². The van der Waals surface area contributed by atoms with E-state index in [2.05, 4.69) is 19.9 Å². The number of unbranched alkanes of at least 4 members (excludes halogenated alkanes) is 2. The van der Waals surface area contributed by atoms with Crippen molar-refractivity contribution in [2.45, 2.75) is 97.2 Å². The molecule has 0 saturated carbocycles. The number of hydrogen-bond donors (Lipinski definition) is 1. The maximum atomic E-state index is 14.7. The lowest BCUT2D eigenvalue weighted by molar-refractivity contribution is -0.147. The summed E-state index contributed by atoms with van der Waals surface area (Å²) < 4.78 is 64.1. The third-order valence-electron chi connectivity index (χ3n) is 8.16. The smallest absolute Gasteiger partial charge is 0.386 e. The van der Waals surface area contributed by atoms with Gasteiger partial charge in [-0.1, -0.05) is 92.1 Å². The number of hydrogen-bond acceptors (Lipinski definition) is 10. The van der Waals surface area contributed by atoms with Crippen molar-refractivity contribution in [2.24, 2.45) is 0 Å². The van der Waals surface area contributed by atoms with Crippen LogP contribution in [0.1, 0.15) is 94.4 Å². The van der Waals surface area contributed by atoms with E-state index in [1.165, 1.54) is 19.4 Å². The molecule has 10 nitrogen and oxygen atoms in total. The standard InChI is InChI=1S/C38H50O10P2/c1-5-6-9-20-34-23-36(47-49(41,45-27-43-30(3)39)25-32-16-10-7-11-17-32)38(35-21-14-15-29(2)22-35)37(24-34)48-50(42,46-28-44-31(4)40)26-33-18-12-8-13-19-33/h7-8,10-13,16-19,22-24,30,35,39H,5-6,9,14-15,20-21,25-28H2,1-4H3. The maximum Gasteiger partial charge on any atom is 0.386 e. The van der Waals surface area contributed by atoms with Gasteiger partial charge in [0.15, 0.2) is 13.1 Å². The molecule has 272 valence electrons. The van der Waals surface area contributed by atoms with E-state index in [4.69, 9.17) is 27.6 Å². The molecular weight excluding hydrogens is 678 g/mol. The molecule has 0 amide bonds. The van der Waals surface area contributed by atoms with Crippen LogP contribution < -0.4 is 9.05 Å². The molecular formula is C38H50O10P2. The molecule has 3 aromatic carbocycles. The molecule has 12 heteroatoms. The number of benzene rings is 3. The highest BCUT2D eigenvalue weighted by Crippen LogP contribution is 2.58. The van der Waals surface area contributed by atoms with Crippen LogP contribution in [0.15, 0.2) is 84.4 Å². The number of carbonyl (C=O) groups excluding carboxylic acids is 1. The summed E-state index contributed by atoms with van der Waals surface area (Å²) in [7, 11) is -8.01. The van der Waals surface area contributed by atoms with Gasteiger partial charge < -0.3 is 23.6 Å². The Hall–Kier alpha value is -3.23. The molecule has 0 spiro atoms. The van der Waals surface area contributed by atoms with Gasteiger partial charge in [-0.25, -0.2) is 9.13 Å². The molecule has 3 aromatic rings. The van der Waals surface area contributed by atoms with Crippen LogP contribution in [-0.2, 0) is 51.2 Å². The van der Waals surface area contributed by atoms with E-state index in [1.54, 1.807) is 0 Å². The van der Waals surface area contributed by atoms with Crippen molar-refractivity contribution in [1.82, 2.24) is 0 Å². The van der Waals surface area contributed by atoms with Gasteiger partial charge in [-0.15, -0.1) is 0 Å². The normalized spacial score (nSPS) is 17.5. The molecule has 1 aliphatic rings. The summed E-state index contributed by atoms with van der Waals surface area (Å²) in [5, 5.41) is 9.73. The van der Waals surface area contributed by atoms with Crippen molar-refractivity contribution in [3.05, 3.63) is 107 Å². The molecule has 1 N–H and O–H groups in total. The Bertz CT molecular complexity index is 1640. The first-order valence-corrected chi connectivity index (χ1v) is 20.6. The second-order valence-corrected chi connectivity index (χ2v) is 16.5. The van der Waals surface area contributed by atoms with E-state index < -0.39 is 41.0 Å². The molecule has 4 rings (SSSR count). The lowest BCUT2D eigenvalue weighted by Gasteiger charge is -2.29. The fourth-order valence-corrected chi connectivity index (χ4v) is 8.82. The van der Waals surface area contributed by atoms with E-state index in [-0.39, 0.29) is 29.7 Å². The van der Waals surface area contributed by atoms with Crippen LogP contribution in [0.25, 0.3) is 0 Å². The average molecular weight is 729 g/mol. The number of aliphatic hydroxyl groups is 1. The summed E-state index contributed by atoms with van der Waals surface area (Å²) in [5.74, 6) is -0.246. The van der Waals surface area contributed by atoms with Crippen LogP contribution in [0.5, 0.6) is 11.5 Å². The van der Waals surface area contributed by atoms with Gasteiger partial charge in [0.25, 0.3) is 0 Å². The fraction of sp³-hybridized carbons (Fsp3) is 0.447. The molecule has 4 atom stereocenters. The second-order valence-electron chi connectivity index (χ2n) is 12.6. The SMILES string of the molecule is CCCCCc1cc(OP(=O)(Cc2ccccc2)OCOC(C)=O)c(C2C=C(C)CCC2)c(OP(=O)(Cc2ccccc2)OCOC(C)O)c1. The predicted octanol–water partition coefficient (Wildman–Crippen LogP) is 10.0. The highest BCUT2D eigenvalue weighted by molar-refractivity contribution is 7.53. The minimum absolute atomic E-state index is 0.0652. The molecule has 0 aliphatic heterocycles. The number of esters is 1. The first-order chi connectivity index (χ1) is 24.0. The molecule has 4 unspecified atom stereocenters. The van der Waals surface area contributed by atoms with Gasteiger partial charge in [-0.3, -0.25) is 13.8 Å². The Labute approximate surface area is 296 Å². The van der Waals surface area contributed by atoms with Gasteiger partial charge in [0.1, 0.15) is 11.5 Å². The minimum atomic E-state index is -4.02. The van der Waals surface area contributed by atoms with E-state index in [1.807, 2.05) is 72.8 Å². The number of allylic oxidation sites excluding steroid dienone is 2. The summed E-state index contributed by atoms with van der Waals surface area (Å²) in [6, 6.07) is 22.1. The largest absolute Gasteiger partial charge is 0.438 e. The third kappa shape index (κ3) is 12.8. The average Bonchev–Trinajstić information content (AvgIpc) is 3.05. The summed E-state index contributed by atoms with van der Waals surface area (Å²) >= 11 is 0. The molecule has 0 saturated heterocycles. The van der Waals surface area contributed by atoms with Crippen molar-refractivity contribution < 1.29 is 46.6 Å². The van der Waals surface area contributed by atoms with Gasteiger partial charge in [-0.05, 0) is 74.8 Å². The monoisotopic (exact) mass is 728 g/mol.